The zero-order valence-corrected chi connectivity index (χ0v) is 62.5. The van der Waals surface area contributed by atoms with E-state index in [4.69, 9.17) is 0 Å². The van der Waals surface area contributed by atoms with E-state index >= 15 is 0 Å². The number of allylic oxidation sites excluding steroid dienone is 4. The van der Waals surface area contributed by atoms with Crippen molar-refractivity contribution in [1.29, 1.82) is 0 Å². The predicted octanol–water partition coefficient (Wildman–Crippen LogP) is 22.2. The van der Waals surface area contributed by atoms with Crippen molar-refractivity contribution in [3.05, 3.63) is 48.6 Å². The molecular weight excluding hydrogens is 1270 g/mol. The van der Waals surface area contributed by atoms with E-state index < -0.39 is 23.9 Å². The second kappa shape index (κ2) is 91.9. The zero-order valence-electron chi connectivity index (χ0n) is 59.5. The normalized spacial score (nSPS) is 11.2. The summed E-state index contributed by atoms with van der Waals surface area (Å²) in [5, 5.41) is 40.6. The Hall–Kier alpha value is -2.47. The number of rotatable bonds is 68. The van der Waals surface area contributed by atoms with Crippen molar-refractivity contribution < 1.29 is 60.7 Å². The van der Waals surface area contributed by atoms with E-state index in [2.05, 4.69) is 27.7 Å². The number of carbonyl (C=O) groups is 4. The van der Waals surface area contributed by atoms with Crippen molar-refractivity contribution >= 4 is 23.9 Å². The van der Waals surface area contributed by atoms with Crippen molar-refractivity contribution in [3.63, 3.8) is 0 Å². The summed E-state index contributed by atoms with van der Waals surface area (Å²) in [6, 6.07) is 0. The van der Waals surface area contributed by atoms with Crippen molar-refractivity contribution in [3.8, 4) is 0 Å². The van der Waals surface area contributed by atoms with Gasteiger partial charge in [-0.1, -0.05) is 412 Å². The van der Waals surface area contributed by atoms with Gasteiger partial charge < -0.3 is 39.6 Å². The molecule has 9 heteroatoms. The molecule has 0 rings (SSSR count). The fourth-order valence-electron chi connectivity index (χ4n) is 11.3. The van der Waals surface area contributed by atoms with Gasteiger partial charge in [0.25, 0.3) is 0 Å². The first-order valence-electron chi connectivity index (χ1n) is 38.6. The Bertz CT molecular complexity index is 1260. The third-order valence-corrected chi connectivity index (χ3v) is 16.9. The third kappa shape index (κ3) is 110. The molecule has 0 bridgehead atoms. The molecule has 0 fully saturated rings. The number of carboxylic acids is 4. The van der Waals surface area contributed by atoms with Crippen LogP contribution in [0.2, 0.25) is 0 Å². The molecule has 0 aromatic rings. The van der Waals surface area contributed by atoms with Crippen molar-refractivity contribution in [2.75, 3.05) is 0 Å². The van der Waals surface area contributed by atoms with E-state index in [-0.39, 0.29) is 21.1 Å². The Morgan fingerprint density at radius 2 is 0.270 bits per heavy atom. The Labute approximate surface area is 568 Å². The van der Waals surface area contributed by atoms with Crippen LogP contribution in [0.3, 0.4) is 0 Å². The average Bonchev–Trinajstić information content (AvgIpc) is 3.50. The van der Waals surface area contributed by atoms with Gasteiger partial charge in [0.15, 0.2) is 0 Å². The first-order chi connectivity index (χ1) is 43.1. The van der Waals surface area contributed by atoms with Crippen LogP contribution in [0.15, 0.2) is 48.6 Å². The van der Waals surface area contributed by atoms with Crippen LogP contribution in [-0.4, -0.2) is 23.9 Å². The van der Waals surface area contributed by atoms with Gasteiger partial charge in [0.2, 0.25) is 0 Å². The van der Waals surface area contributed by atoms with Gasteiger partial charge >= 0.3 is 0 Å². The number of unbranched alkanes of at least 4 members (excludes halogenated alkanes) is 60. The Balaban J connectivity index is -0.000000351. The largest absolute Gasteiger partial charge is 0.545 e. The van der Waals surface area contributed by atoms with Crippen molar-refractivity contribution in [2.45, 2.75) is 439 Å². The summed E-state index contributed by atoms with van der Waals surface area (Å²) in [5.41, 5.74) is 0. The molecule has 526 valence electrons. The van der Waals surface area contributed by atoms with Crippen molar-refractivity contribution in [1.82, 2.24) is 0 Å². The van der Waals surface area contributed by atoms with Gasteiger partial charge in [-0.15, -0.1) is 0 Å². The van der Waals surface area contributed by atoms with Crippen LogP contribution in [0.25, 0.3) is 0 Å². The van der Waals surface area contributed by atoms with Crippen LogP contribution in [0.1, 0.15) is 439 Å². The summed E-state index contributed by atoms with van der Waals surface area (Å²) in [6.07, 6.45) is 96.6. The fraction of sp³-hybridized carbons (Fsp3) is 0.850. The van der Waals surface area contributed by atoms with Gasteiger partial charge in [-0.2, -0.15) is 0 Å². The minimum absolute atomic E-state index is 0. The molecule has 0 amide bonds. The minimum Gasteiger partial charge on any atom is -0.545 e. The summed E-state index contributed by atoms with van der Waals surface area (Å²) in [4.78, 5) is 40.6. The maximum atomic E-state index is 10.2. The standard InChI is InChI=1S/4C20H38O2.W/c4*1-2-3-4-5-6-7-8-9-10-11-12-13-14-15-16-17-18-19-20(21)22;/h4*18-19H,2-17H2,1H3,(H,21,22);/p-4. The quantitative estimate of drug-likeness (QED) is 0.0430. The average molecular weight is 1420 g/mol. The Kier molecular flexibility index (Phi) is 98.4. The molecule has 0 unspecified atom stereocenters. The number of carbonyl (C=O) groups excluding carboxylic acids is 4. The van der Waals surface area contributed by atoms with E-state index in [9.17, 15) is 39.6 Å². The number of aliphatic carboxylic acids is 4. The van der Waals surface area contributed by atoms with Crippen LogP contribution in [0.4, 0.5) is 0 Å². The van der Waals surface area contributed by atoms with Gasteiger partial charge in [0, 0.05) is 21.1 Å². The second-order valence-corrected chi connectivity index (χ2v) is 25.8. The van der Waals surface area contributed by atoms with Crippen LogP contribution in [0.5, 0.6) is 0 Å². The molecule has 0 aliphatic rings. The van der Waals surface area contributed by atoms with Gasteiger partial charge in [0.1, 0.15) is 0 Å². The maximum Gasteiger partial charge on any atom is 0.0639 e. The topological polar surface area (TPSA) is 161 Å². The van der Waals surface area contributed by atoms with Crippen molar-refractivity contribution in [2.24, 2.45) is 0 Å². The van der Waals surface area contributed by atoms with Crippen LogP contribution < -0.4 is 20.4 Å². The molecule has 0 aromatic heterocycles. The third-order valence-electron chi connectivity index (χ3n) is 16.9. The first-order valence-corrected chi connectivity index (χ1v) is 38.6. The molecule has 0 aromatic carbocycles. The molecular formula is C80H148O8W-4. The van der Waals surface area contributed by atoms with E-state index in [0.717, 1.165) is 75.7 Å². The summed E-state index contributed by atoms with van der Waals surface area (Å²) >= 11 is 0. The second-order valence-electron chi connectivity index (χ2n) is 25.8. The van der Waals surface area contributed by atoms with Crippen LogP contribution in [0, 0.1) is 0 Å². The summed E-state index contributed by atoms with van der Waals surface area (Å²) < 4.78 is 0. The maximum absolute atomic E-state index is 10.2. The summed E-state index contributed by atoms with van der Waals surface area (Å²) in [7, 11) is 0. The first kappa shape index (κ1) is 95.2. The molecule has 0 heterocycles. The molecule has 0 saturated carbocycles. The van der Waals surface area contributed by atoms with Gasteiger partial charge in [-0.05, 0) is 75.7 Å². The van der Waals surface area contributed by atoms with E-state index in [1.807, 2.05) is 0 Å². The van der Waals surface area contributed by atoms with Gasteiger partial charge in [-0.25, -0.2) is 0 Å². The molecule has 0 radical (unpaired) electrons. The Morgan fingerprint density at radius 3 is 0.360 bits per heavy atom. The van der Waals surface area contributed by atoms with E-state index in [0.29, 0.717) is 0 Å². The van der Waals surface area contributed by atoms with Crippen LogP contribution >= 0.6 is 0 Å². The molecule has 0 aliphatic carbocycles. The molecule has 0 spiro atoms. The SMILES string of the molecule is CCCCCCCCCCCCCCCCCC=CC(=O)[O-].CCCCCCCCCCCCCCCCCC=CC(=O)[O-].CCCCCCCCCCCCCCCCCC=CC(=O)[O-].CCCCCCCCCCCCCCCCCC=CC(=O)[O-].[W]. The van der Waals surface area contributed by atoms with Gasteiger partial charge in [0.05, 0.1) is 23.9 Å². The number of hydrogen-bond acceptors (Lipinski definition) is 8. The monoisotopic (exact) mass is 1420 g/mol. The zero-order chi connectivity index (χ0) is 65.2. The smallest absolute Gasteiger partial charge is 0.0639 e. The van der Waals surface area contributed by atoms with Gasteiger partial charge in [-0.3, -0.25) is 0 Å². The fourth-order valence-corrected chi connectivity index (χ4v) is 11.3. The number of carboxylic acid groups (broad SMARTS) is 4. The molecule has 0 saturated heterocycles. The van der Waals surface area contributed by atoms with E-state index in [1.54, 1.807) is 24.3 Å². The molecule has 8 nitrogen and oxygen atoms in total. The van der Waals surface area contributed by atoms with E-state index in [1.165, 1.54) is 360 Å². The van der Waals surface area contributed by atoms with Crippen LogP contribution in [-0.2, 0) is 40.2 Å². The molecule has 0 N–H and O–H groups in total. The summed E-state index contributed by atoms with van der Waals surface area (Å²) in [6.45, 7) is 9.09. The molecule has 0 aliphatic heterocycles. The predicted molar refractivity (Wildman–Crippen MR) is 375 cm³/mol. The Morgan fingerprint density at radius 1 is 0.180 bits per heavy atom. The minimum atomic E-state index is -1.08. The molecule has 0 atom stereocenters. The molecule has 89 heavy (non-hydrogen) atoms. The summed E-state index contributed by atoms with van der Waals surface area (Å²) in [5.74, 6) is -4.33. The number of hydrogen-bond donors (Lipinski definition) is 0.